The lowest BCUT2D eigenvalue weighted by atomic mass is 9.74. The molecular weight excluding hydrogens is 252 g/mol. The van der Waals surface area contributed by atoms with Crippen LogP contribution in [0.3, 0.4) is 0 Å². The summed E-state index contributed by atoms with van der Waals surface area (Å²) in [6.45, 7) is 2.69. The van der Waals surface area contributed by atoms with Crippen LogP contribution in [0.5, 0.6) is 0 Å². The average molecular weight is 276 g/mol. The lowest BCUT2D eigenvalue weighted by Gasteiger charge is -2.35. The monoisotopic (exact) mass is 276 g/mol. The number of carbonyl (C=O) groups is 1. The van der Waals surface area contributed by atoms with Crippen molar-refractivity contribution in [2.45, 2.75) is 39.0 Å². The molecule has 0 radical (unpaired) electrons. The van der Waals surface area contributed by atoms with Crippen molar-refractivity contribution in [3.8, 4) is 0 Å². The number of carbonyl (C=O) groups excluding carboxylic acids is 1. The summed E-state index contributed by atoms with van der Waals surface area (Å²) in [6.07, 6.45) is 5.50. The molecule has 110 valence electrons. The quantitative estimate of drug-likeness (QED) is 0.791. The molecule has 1 aromatic rings. The number of aliphatic hydroxyl groups is 1. The Morgan fingerprint density at radius 2 is 2.05 bits per heavy atom. The maximum Gasteiger partial charge on any atom is 0.319 e. The zero-order valence-electron chi connectivity index (χ0n) is 12.1. The number of aliphatic hydroxyl groups excluding tert-OH is 1. The molecule has 1 aliphatic carbocycles. The van der Waals surface area contributed by atoms with Gasteiger partial charge >= 0.3 is 6.03 Å². The third-order valence-corrected chi connectivity index (χ3v) is 4.15. The lowest BCUT2D eigenvalue weighted by Crippen LogP contribution is -2.42. The molecule has 1 saturated carbocycles. The molecule has 0 saturated heterocycles. The van der Waals surface area contributed by atoms with Gasteiger partial charge in [-0.15, -0.1) is 0 Å². The molecule has 3 N–H and O–H groups in total. The van der Waals surface area contributed by atoms with Crippen molar-refractivity contribution >= 4 is 11.7 Å². The van der Waals surface area contributed by atoms with E-state index < -0.39 is 0 Å². The fourth-order valence-electron chi connectivity index (χ4n) is 2.86. The summed E-state index contributed by atoms with van der Waals surface area (Å²) < 4.78 is 0. The number of nitrogens with one attached hydrogen (secondary N) is 2. The van der Waals surface area contributed by atoms with Crippen LogP contribution in [0.25, 0.3) is 0 Å². The number of aryl methyl sites for hydroxylation is 1. The fourth-order valence-corrected chi connectivity index (χ4v) is 2.86. The van der Waals surface area contributed by atoms with Crippen molar-refractivity contribution < 1.29 is 9.90 Å². The lowest BCUT2D eigenvalue weighted by molar-refractivity contribution is 0.0840. The van der Waals surface area contributed by atoms with E-state index in [4.69, 9.17) is 0 Å². The van der Waals surface area contributed by atoms with Crippen LogP contribution >= 0.6 is 0 Å². The van der Waals surface area contributed by atoms with Gasteiger partial charge in [-0.05, 0) is 37.5 Å². The molecule has 2 amide bonds. The molecule has 2 rings (SSSR count). The Bertz CT molecular complexity index is 454. The first-order chi connectivity index (χ1) is 9.63. The normalized spacial score (nSPS) is 17.5. The van der Waals surface area contributed by atoms with Gasteiger partial charge in [-0.2, -0.15) is 0 Å². The molecule has 1 fully saturated rings. The van der Waals surface area contributed by atoms with E-state index in [2.05, 4.69) is 10.6 Å². The second kappa shape index (κ2) is 6.75. The van der Waals surface area contributed by atoms with E-state index in [1.165, 1.54) is 6.42 Å². The number of anilines is 1. The van der Waals surface area contributed by atoms with E-state index in [-0.39, 0.29) is 18.1 Å². The number of benzene rings is 1. The molecule has 1 aromatic carbocycles. The number of urea groups is 1. The predicted octanol–water partition coefficient (Wildman–Crippen LogP) is 3.06. The van der Waals surface area contributed by atoms with Gasteiger partial charge in [0.05, 0.1) is 6.61 Å². The summed E-state index contributed by atoms with van der Waals surface area (Å²) in [5.41, 5.74) is 1.79. The Kier molecular flexibility index (Phi) is 5.01. The van der Waals surface area contributed by atoms with Gasteiger partial charge < -0.3 is 15.7 Å². The molecule has 0 spiro atoms. The molecule has 20 heavy (non-hydrogen) atoms. The number of hydrogen-bond donors (Lipinski definition) is 3. The fraction of sp³-hybridized carbons (Fsp3) is 0.562. The number of amides is 2. The highest BCUT2D eigenvalue weighted by atomic mass is 16.3. The van der Waals surface area contributed by atoms with Crippen LogP contribution in [0.2, 0.25) is 0 Å². The summed E-state index contributed by atoms with van der Waals surface area (Å²) in [6, 6.07) is 7.51. The van der Waals surface area contributed by atoms with Gasteiger partial charge in [0.2, 0.25) is 0 Å². The van der Waals surface area contributed by atoms with Crippen molar-refractivity contribution in [2.75, 3.05) is 18.5 Å². The third-order valence-electron chi connectivity index (χ3n) is 4.15. The van der Waals surface area contributed by atoms with Crippen molar-refractivity contribution in [3.05, 3.63) is 29.8 Å². The van der Waals surface area contributed by atoms with Gasteiger partial charge in [0.15, 0.2) is 0 Å². The highest BCUT2D eigenvalue weighted by molar-refractivity contribution is 5.89. The van der Waals surface area contributed by atoms with Crippen LogP contribution in [-0.2, 0) is 0 Å². The van der Waals surface area contributed by atoms with Gasteiger partial charge in [0, 0.05) is 17.6 Å². The highest BCUT2D eigenvalue weighted by Crippen LogP contribution is 2.35. The van der Waals surface area contributed by atoms with Gasteiger partial charge in [0.25, 0.3) is 0 Å². The van der Waals surface area contributed by atoms with E-state index >= 15 is 0 Å². The molecule has 4 heteroatoms. The van der Waals surface area contributed by atoms with Crippen molar-refractivity contribution in [3.63, 3.8) is 0 Å². The molecule has 4 nitrogen and oxygen atoms in total. The highest BCUT2D eigenvalue weighted by Gasteiger charge is 2.31. The molecule has 0 unspecified atom stereocenters. The van der Waals surface area contributed by atoms with Gasteiger partial charge in [-0.25, -0.2) is 4.79 Å². The summed E-state index contributed by atoms with van der Waals surface area (Å²) in [7, 11) is 0. The maximum atomic E-state index is 11.9. The molecule has 0 atom stereocenters. The predicted molar refractivity (Wildman–Crippen MR) is 80.8 cm³/mol. The van der Waals surface area contributed by atoms with E-state index in [0.717, 1.165) is 36.9 Å². The van der Waals surface area contributed by atoms with Crippen LogP contribution in [-0.4, -0.2) is 24.3 Å². The molecular formula is C16H24N2O2. The smallest absolute Gasteiger partial charge is 0.319 e. The van der Waals surface area contributed by atoms with Crippen LogP contribution in [0.15, 0.2) is 24.3 Å². The second-order valence-corrected chi connectivity index (χ2v) is 5.90. The SMILES string of the molecule is Cc1cccc(NC(=O)NCC2(CO)CCCCC2)c1. The summed E-state index contributed by atoms with van der Waals surface area (Å²) in [4.78, 5) is 11.9. The van der Waals surface area contributed by atoms with E-state index in [0.29, 0.717) is 6.54 Å². The van der Waals surface area contributed by atoms with Gasteiger partial charge in [-0.3, -0.25) is 0 Å². The third kappa shape index (κ3) is 3.97. The number of rotatable bonds is 4. The largest absolute Gasteiger partial charge is 0.396 e. The average Bonchev–Trinajstić information content (AvgIpc) is 2.46. The molecule has 0 aromatic heterocycles. The molecule has 0 aliphatic heterocycles. The molecule has 1 aliphatic rings. The first-order valence-corrected chi connectivity index (χ1v) is 7.36. The molecule has 0 bridgehead atoms. The summed E-state index contributed by atoms with van der Waals surface area (Å²) in [5.74, 6) is 0. The Labute approximate surface area is 120 Å². The van der Waals surface area contributed by atoms with Crippen molar-refractivity contribution in [2.24, 2.45) is 5.41 Å². The van der Waals surface area contributed by atoms with Crippen molar-refractivity contribution in [1.82, 2.24) is 5.32 Å². The Balaban J connectivity index is 1.85. The minimum absolute atomic E-state index is 0.123. The second-order valence-electron chi connectivity index (χ2n) is 5.90. The molecule has 0 heterocycles. The van der Waals surface area contributed by atoms with E-state index in [1.54, 1.807) is 0 Å². The van der Waals surface area contributed by atoms with Crippen LogP contribution in [0.1, 0.15) is 37.7 Å². The minimum Gasteiger partial charge on any atom is -0.396 e. The van der Waals surface area contributed by atoms with Crippen molar-refractivity contribution in [1.29, 1.82) is 0 Å². The maximum absolute atomic E-state index is 11.9. The minimum atomic E-state index is -0.200. The summed E-state index contributed by atoms with van der Waals surface area (Å²) >= 11 is 0. The van der Waals surface area contributed by atoms with Crippen LogP contribution in [0.4, 0.5) is 10.5 Å². The summed E-state index contributed by atoms with van der Waals surface area (Å²) in [5, 5.41) is 15.3. The first-order valence-electron chi connectivity index (χ1n) is 7.36. The van der Waals surface area contributed by atoms with Crippen LogP contribution in [0, 0.1) is 12.3 Å². The van der Waals surface area contributed by atoms with E-state index in [9.17, 15) is 9.90 Å². The zero-order valence-corrected chi connectivity index (χ0v) is 12.1. The topological polar surface area (TPSA) is 61.4 Å². The zero-order chi connectivity index (χ0) is 14.4. The standard InChI is InChI=1S/C16H24N2O2/c1-13-6-5-7-14(10-13)18-15(20)17-11-16(12-19)8-3-2-4-9-16/h5-7,10,19H,2-4,8-9,11-12H2,1H3,(H2,17,18,20). The van der Waals surface area contributed by atoms with Gasteiger partial charge in [-0.1, -0.05) is 31.4 Å². The Morgan fingerprint density at radius 3 is 2.70 bits per heavy atom. The Hall–Kier alpha value is -1.55. The van der Waals surface area contributed by atoms with Gasteiger partial charge in [0.1, 0.15) is 0 Å². The van der Waals surface area contributed by atoms with Crippen LogP contribution < -0.4 is 10.6 Å². The van der Waals surface area contributed by atoms with E-state index in [1.807, 2.05) is 31.2 Å². The Morgan fingerprint density at radius 1 is 1.30 bits per heavy atom. The number of hydrogen-bond acceptors (Lipinski definition) is 2. The first kappa shape index (κ1) is 14.9.